The molecule has 0 radical (unpaired) electrons. The first-order valence-electron chi connectivity index (χ1n) is 2.91. The minimum atomic E-state index is -0.307. The van der Waals surface area contributed by atoms with E-state index in [1.807, 2.05) is 0 Å². The van der Waals surface area contributed by atoms with Gasteiger partial charge in [0.2, 0.25) is 0 Å². The van der Waals surface area contributed by atoms with E-state index in [0.717, 1.165) is 0 Å². The molecule has 10 heavy (non-hydrogen) atoms. The maximum absolute atomic E-state index is 10.4. The summed E-state index contributed by atoms with van der Waals surface area (Å²) < 4.78 is 4.78. The van der Waals surface area contributed by atoms with E-state index in [1.54, 1.807) is 12.3 Å². The molecule has 0 saturated heterocycles. The highest BCUT2D eigenvalue weighted by Gasteiger charge is 2.05. The Morgan fingerprint density at radius 1 is 1.80 bits per heavy atom. The summed E-state index contributed by atoms with van der Waals surface area (Å²) in [5.74, 6) is -0.303. The van der Waals surface area contributed by atoms with Crippen molar-refractivity contribution >= 4 is 12.2 Å². The van der Waals surface area contributed by atoms with Crippen LogP contribution in [0.15, 0.2) is 17.4 Å². The SMILES string of the molecule is CC(=O)OC1C=CNN=C1. The van der Waals surface area contributed by atoms with Crippen molar-refractivity contribution in [2.24, 2.45) is 5.10 Å². The lowest BCUT2D eigenvalue weighted by atomic mass is 10.3. The van der Waals surface area contributed by atoms with Crippen LogP contribution in [0.1, 0.15) is 6.92 Å². The summed E-state index contributed by atoms with van der Waals surface area (Å²) in [5.41, 5.74) is 2.59. The minimum absolute atomic E-state index is 0.303. The van der Waals surface area contributed by atoms with Crippen LogP contribution in [0.3, 0.4) is 0 Å². The molecular weight excluding hydrogens is 132 g/mol. The molecule has 0 saturated carbocycles. The summed E-state index contributed by atoms with van der Waals surface area (Å²) in [5, 5.41) is 3.67. The topological polar surface area (TPSA) is 50.7 Å². The van der Waals surface area contributed by atoms with Crippen molar-refractivity contribution in [3.05, 3.63) is 12.3 Å². The molecule has 0 spiro atoms. The van der Waals surface area contributed by atoms with E-state index in [2.05, 4.69) is 10.5 Å². The monoisotopic (exact) mass is 140 g/mol. The molecule has 0 aromatic heterocycles. The van der Waals surface area contributed by atoms with Crippen molar-refractivity contribution in [3.8, 4) is 0 Å². The van der Waals surface area contributed by atoms with Crippen LogP contribution in [0.2, 0.25) is 0 Å². The van der Waals surface area contributed by atoms with E-state index >= 15 is 0 Å². The van der Waals surface area contributed by atoms with Crippen molar-refractivity contribution in [1.29, 1.82) is 0 Å². The molecule has 1 atom stereocenters. The molecule has 1 heterocycles. The Kier molecular flexibility index (Phi) is 2.04. The Morgan fingerprint density at radius 3 is 3.10 bits per heavy atom. The first kappa shape index (κ1) is 6.80. The average molecular weight is 140 g/mol. The van der Waals surface area contributed by atoms with Gasteiger partial charge in [0.05, 0.1) is 6.21 Å². The Bertz CT molecular complexity index is 174. The normalized spacial score (nSPS) is 21.9. The van der Waals surface area contributed by atoms with Crippen LogP contribution in [-0.4, -0.2) is 18.3 Å². The van der Waals surface area contributed by atoms with Gasteiger partial charge in [0.1, 0.15) is 0 Å². The second-order valence-corrected chi connectivity index (χ2v) is 1.84. The first-order chi connectivity index (χ1) is 4.79. The van der Waals surface area contributed by atoms with Gasteiger partial charge in [0.25, 0.3) is 0 Å². The zero-order valence-electron chi connectivity index (χ0n) is 5.57. The van der Waals surface area contributed by atoms with Crippen molar-refractivity contribution in [3.63, 3.8) is 0 Å². The highest BCUT2D eigenvalue weighted by molar-refractivity contribution is 5.73. The number of hydrogen-bond acceptors (Lipinski definition) is 4. The molecule has 0 aromatic rings. The maximum atomic E-state index is 10.4. The second kappa shape index (κ2) is 3.00. The third kappa shape index (κ3) is 1.89. The highest BCUT2D eigenvalue weighted by atomic mass is 16.5. The standard InChI is InChI=1S/C6H8N2O2/c1-5(9)10-6-2-3-7-8-4-6/h2-4,6-7H,1H3. The van der Waals surface area contributed by atoms with Gasteiger partial charge >= 0.3 is 5.97 Å². The van der Waals surface area contributed by atoms with Crippen LogP contribution in [0.4, 0.5) is 0 Å². The minimum Gasteiger partial charge on any atom is -0.452 e. The second-order valence-electron chi connectivity index (χ2n) is 1.84. The number of rotatable bonds is 1. The van der Waals surface area contributed by atoms with Gasteiger partial charge in [-0.05, 0) is 6.08 Å². The van der Waals surface area contributed by atoms with Crippen LogP contribution in [0.25, 0.3) is 0 Å². The van der Waals surface area contributed by atoms with Gasteiger partial charge in [-0.3, -0.25) is 10.2 Å². The Labute approximate surface area is 58.6 Å². The van der Waals surface area contributed by atoms with Crippen molar-refractivity contribution in [2.75, 3.05) is 0 Å². The lowest BCUT2D eigenvalue weighted by Crippen LogP contribution is -2.19. The summed E-state index contributed by atoms with van der Waals surface area (Å²) in [6, 6.07) is 0. The molecule has 1 unspecified atom stereocenters. The van der Waals surface area contributed by atoms with Gasteiger partial charge < -0.3 is 4.74 Å². The Morgan fingerprint density at radius 2 is 2.60 bits per heavy atom. The van der Waals surface area contributed by atoms with E-state index in [0.29, 0.717) is 0 Å². The number of ether oxygens (including phenoxy) is 1. The fraction of sp³-hybridized carbons (Fsp3) is 0.333. The maximum Gasteiger partial charge on any atom is 0.303 e. The quantitative estimate of drug-likeness (QED) is 0.522. The molecule has 0 bridgehead atoms. The zero-order chi connectivity index (χ0) is 7.40. The summed E-state index contributed by atoms with van der Waals surface area (Å²) in [7, 11) is 0. The van der Waals surface area contributed by atoms with Gasteiger partial charge in [0.15, 0.2) is 6.10 Å². The number of esters is 1. The van der Waals surface area contributed by atoms with E-state index in [9.17, 15) is 4.79 Å². The average Bonchev–Trinajstić information content (AvgIpc) is 1.88. The smallest absolute Gasteiger partial charge is 0.303 e. The fourth-order valence-electron chi connectivity index (χ4n) is 0.608. The van der Waals surface area contributed by atoms with E-state index < -0.39 is 0 Å². The number of nitrogens with one attached hydrogen (secondary N) is 1. The molecule has 0 aliphatic carbocycles. The number of carbonyl (C=O) groups excluding carboxylic acids is 1. The Hall–Kier alpha value is -1.32. The third-order valence-corrected chi connectivity index (χ3v) is 0.958. The molecule has 1 rings (SSSR count). The lowest BCUT2D eigenvalue weighted by Gasteiger charge is -2.09. The van der Waals surface area contributed by atoms with Crippen molar-refractivity contribution in [2.45, 2.75) is 13.0 Å². The number of carbonyl (C=O) groups is 1. The van der Waals surface area contributed by atoms with Crippen LogP contribution >= 0.6 is 0 Å². The van der Waals surface area contributed by atoms with Crippen LogP contribution in [-0.2, 0) is 9.53 Å². The molecule has 4 heteroatoms. The van der Waals surface area contributed by atoms with Crippen molar-refractivity contribution < 1.29 is 9.53 Å². The van der Waals surface area contributed by atoms with E-state index in [-0.39, 0.29) is 12.1 Å². The summed E-state index contributed by atoms with van der Waals surface area (Å²) >= 11 is 0. The predicted octanol–water partition coefficient (Wildman–Crippen LogP) is 0.0208. The van der Waals surface area contributed by atoms with Gasteiger partial charge in [-0.2, -0.15) is 5.10 Å². The summed E-state index contributed by atoms with van der Waals surface area (Å²) in [6.07, 6.45) is 4.53. The zero-order valence-corrected chi connectivity index (χ0v) is 5.57. The summed E-state index contributed by atoms with van der Waals surface area (Å²) in [6.45, 7) is 1.36. The molecule has 4 nitrogen and oxygen atoms in total. The molecule has 54 valence electrons. The lowest BCUT2D eigenvalue weighted by molar-refractivity contribution is -0.141. The first-order valence-corrected chi connectivity index (χ1v) is 2.91. The molecule has 0 amide bonds. The number of hydrazone groups is 1. The fourth-order valence-corrected chi connectivity index (χ4v) is 0.608. The molecule has 0 aromatic carbocycles. The van der Waals surface area contributed by atoms with Gasteiger partial charge in [0, 0.05) is 13.1 Å². The van der Waals surface area contributed by atoms with Crippen LogP contribution in [0.5, 0.6) is 0 Å². The molecule has 1 aliphatic rings. The predicted molar refractivity (Wildman–Crippen MR) is 36.3 cm³/mol. The molecule has 0 fully saturated rings. The third-order valence-electron chi connectivity index (χ3n) is 0.958. The largest absolute Gasteiger partial charge is 0.452 e. The number of hydrogen-bond donors (Lipinski definition) is 1. The van der Waals surface area contributed by atoms with Crippen molar-refractivity contribution in [1.82, 2.24) is 5.43 Å². The number of nitrogens with zero attached hydrogens (tertiary/aromatic N) is 1. The molecule has 1 aliphatic heterocycles. The van der Waals surface area contributed by atoms with E-state index in [4.69, 9.17) is 4.74 Å². The van der Waals surface area contributed by atoms with Crippen LogP contribution < -0.4 is 5.43 Å². The van der Waals surface area contributed by atoms with E-state index in [1.165, 1.54) is 13.1 Å². The van der Waals surface area contributed by atoms with Gasteiger partial charge in [-0.1, -0.05) is 0 Å². The molecular formula is C6H8N2O2. The Balaban J connectivity index is 2.40. The summed E-state index contributed by atoms with van der Waals surface area (Å²) in [4.78, 5) is 10.4. The molecule has 1 N–H and O–H groups in total. The van der Waals surface area contributed by atoms with Gasteiger partial charge in [-0.15, -0.1) is 0 Å². The van der Waals surface area contributed by atoms with Gasteiger partial charge in [-0.25, -0.2) is 0 Å². The van der Waals surface area contributed by atoms with Crippen LogP contribution in [0, 0.1) is 0 Å². The highest BCUT2D eigenvalue weighted by Crippen LogP contribution is 1.94.